The van der Waals surface area contributed by atoms with Crippen molar-refractivity contribution in [2.45, 2.75) is 24.7 Å². The van der Waals surface area contributed by atoms with Crippen LogP contribution >= 0.6 is 0 Å². The van der Waals surface area contributed by atoms with Crippen LogP contribution in [0.4, 0.5) is 0 Å². The van der Waals surface area contributed by atoms with Gasteiger partial charge in [0.1, 0.15) is 11.3 Å². The minimum atomic E-state index is -0.462. The van der Waals surface area contributed by atoms with Gasteiger partial charge in [-0.1, -0.05) is 91.0 Å². The second-order valence-electron chi connectivity index (χ2n) is 9.02. The van der Waals surface area contributed by atoms with Gasteiger partial charge in [0, 0.05) is 5.92 Å². The van der Waals surface area contributed by atoms with Crippen molar-refractivity contribution in [2.75, 3.05) is 0 Å². The molecule has 2 atom stereocenters. The number of hydrogen-bond donors (Lipinski definition) is 1. The van der Waals surface area contributed by atoms with Gasteiger partial charge in [-0.15, -0.1) is 0 Å². The quantitative estimate of drug-likeness (QED) is 0.304. The highest BCUT2D eigenvalue weighted by Crippen LogP contribution is 2.45. The van der Waals surface area contributed by atoms with Crippen LogP contribution in [0.3, 0.4) is 0 Å². The predicted octanol–water partition coefficient (Wildman–Crippen LogP) is 7.03. The molecule has 1 aromatic heterocycles. The molecule has 0 amide bonds. The molecule has 3 nitrogen and oxygen atoms in total. The average molecular weight is 445 g/mol. The fourth-order valence-electron chi connectivity index (χ4n) is 5.38. The zero-order chi connectivity index (χ0) is 23.1. The third kappa shape index (κ3) is 3.50. The van der Waals surface area contributed by atoms with Crippen LogP contribution in [0.2, 0.25) is 0 Å². The van der Waals surface area contributed by atoms with Crippen molar-refractivity contribution in [3.05, 3.63) is 136 Å². The maximum Gasteiger partial charge on any atom is 0.343 e. The van der Waals surface area contributed by atoms with Crippen LogP contribution in [0.25, 0.3) is 22.1 Å². The Morgan fingerprint density at radius 1 is 0.735 bits per heavy atom. The van der Waals surface area contributed by atoms with Crippen molar-refractivity contribution in [3.8, 4) is 16.9 Å². The zero-order valence-electron chi connectivity index (χ0n) is 18.6. The van der Waals surface area contributed by atoms with E-state index in [0.29, 0.717) is 16.5 Å². The van der Waals surface area contributed by atoms with Crippen molar-refractivity contribution in [1.82, 2.24) is 0 Å². The largest absolute Gasteiger partial charge is 0.507 e. The zero-order valence-corrected chi connectivity index (χ0v) is 18.6. The Morgan fingerprint density at radius 2 is 1.41 bits per heavy atom. The van der Waals surface area contributed by atoms with Crippen LogP contribution in [0.15, 0.2) is 112 Å². The number of aromatic hydroxyl groups is 1. The molecule has 1 aliphatic carbocycles. The van der Waals surface area contributed by atoms with E-state index >= 15 is 0 Å². The molecule has 5 aromatic rings. The predicted molar refractivity (Wildman–Crippen MR) is 135 cm³/mol. The topological polar surface area (TPSA) is 50.4 Å². The van der Waals surface area contributed by atoms with Gasteiger partial charge in [-0.2, -0.15) is 0 Å². The van der Waals surface area contributed by atoms with Gasteiger partial charge < -0.3 is 9.52 Å². The van der Waals surface area contributed by atoms with E-state index in [9.17, 15) is 9.90 Å². The summed E-state index contributed by atoms with van der Waals surface area (Å²) in [6.45, 7) is 0. The molecule has 0 fully saturated rings. The second-order valence-corrected chi connectivity index (χ2v) is 9.02. The van der Waals surface area contributed by atoms with E-state index in [2.05, 4.69) is 48.5 Å². The lowest BCUT2D eigenvalue weighted by Crippen LogP contribution is -2.23. The SMILES string of the molecule is O=c1oc2ccccc2c(O)c1[C@@H]1C[C@H](c2ccc(-c3ccccc3)cc2)Cc2ccccc21. The average Bonchev–Trinajstić information content (AvgIpc) is 2.89. The maximum atomic E-state index is 13.1. The van der Waals surface area contributed by atoms with Gasteiger partial charge in [0.2, 0.25) is 0 Å². The lowest BCUT2D eigenvalue weighted by molar-refractivity contribution is 0.437. The van der Waals surface area contributed by atoms with Crippen molar-refractivity contribution in [2.24, 2.45) is 0 Å². The van der Waals surface area contributed by atoms with Crippen LogP contribution in [0, 0.1) is 0 Å². The number of para-hydroxylation sites is 1. The van der Waals surface area contributed by atoms with E-state index in [1.165, 1.54) is 22.3 Å². The standard InChI is InChI=1S/C31H24O3/c32-30-26-12-6-7-13-28(26)34-31(33)29(30)27-19-24(18-23-10-4-5-11-25(23)27)22-16-14-21(15-17-22)20-8-2-1-3-9-20/h1-17,24,27,32H,18-19H2/t24-,27-/m1/s1. The van der Waals surface area contributed by atoms with E-state index in [-0.39, 0.29) is 17.6 Å². The summed E-state index contributed by atoms with van der Waals surface area (Å²) in [5.74, 6) is 0.0336. The molecule has 0 radical (unpaired) electrons. The summed E-state index contributed by atoms with van der Waals surface area (Å²) in [4.78, 5) is 13.1. The van der Waals surface area contributed by atoms with Crippen molar-refractivity contribution in [3.63, 3.8) is 0 Å². The van der Waals surface area contributed by atoms with Crippen LogP contribution in [-0.4, -0.2) is 5.11 Å². The van der Waals surface area contributed by atoms with Crippen LogP contribution in [0.1, 0.15) is 40.5 Å². The number of fused-ring (bicyclic) bond motifs is 2. The lowest BCUT2D eigenvalue weighted by atomic mass is 9.72. The van der Waals surface area contributed by atoms with Gasteiger partial charge >= 0.3 is 5.63 Å². The molecule has 1 aliphatic rings. The van der Waals surface area contributed by atoms with E-state index in [4.69, 9.17) is 4.42 Å². The van der Waals surface area contributed by atoms with Crippen LogP contribution < -0.4 is 5.63 Å². The monoisotopic (exact) mass is 444 g/mol. The Kier molecular flexibility index (Phi) is 5.03. The first kappa shape index (κ1) is 20.5. The lowest BCUT2D eigenvalue weighted by Gasteiger charge is -2.32. The van der Waals surface area contributed by atoms with E-state index in [0.717, 1.165) is 18.4 Å². The van der Waals surface area contributed by atoms with Crippen molar-refractivity contribution < 1.29 is 9.52 Å². The summed E-state index contributed by atoms with van der Waals surface area (Å²) >= 11 is 0. The highest BCUT2D eigenvalue weighted by atomic mass is 16.4. The first-order valence-corrected chi connectivity index (χ1v) is 11.7. The number of hydrogen-bond acceptors (Lipinski definition) is 3. The molecule has 3 heteroatoms. The summed E-state index contributed by atoms with van der Waals surface area (Å²) in [5, 5.41) is 11.7. The van der Waals surface area contributed by atoms with E-state index in [1.54, 1.807) is 18.2 Å². The molecule has 4 aromatic carbocycles. The third-order valence-corrected chi connectivity index (χ3v) is 7.07. The van der Waals surface area contributed by atoms with Gasteiger partial charge in [0.05, 0.1) is 10.9 Å². The molecule has 0 spiro atoms. The first-order chi connectivity index (χ1) is 16.7. The highest BCUT2D eigenvalue weighted by Gasteiger charge is 2.33. The molecule has 0 aliphatic heterocycles. The minimum absolute atomic E-state index is 0.0340. The molecular formula is C31H24O3. The Balaban J connectivity index is 1.43. The van der Waals surface area contributed by atoms with Gasteiger partial charge in [-0.25, -0.2) is 4.79 Å². The van der Waals surface area contributed by atoms with Crippen molar-refractivity contribution >= 4 is 11.0 Å². The summed E-state index contributed by atoms with van der Waals surface area (Å²) in [6.07, 6.45) is 1.63. The maximum absolute atomic E-state index is 13.1. The van der Waals surface area contributed by atoms with E-state index < -0.39 is 5.63 Å². The molecule has 1 heterocycles. The molecule has 0 saturated heterocycles. The first-order valence-electron chi connectivity index (χ1n) is 11.7. The third-order valence-electron chi connectivity index (χ3n) is 7.07. The van der Waals surface area contributed by atoms with Crippen molar-refractivity contribution in [1.29, 1.82) is 0 Å². The van der Waals surface area contributed by atoms with Gasteiger partial charge in [-0.3, -0.25) is 0 Å². The number of rotatable bonds is 3. The molecule has 6 rings (SSSR count). The fraction of sp³-hybridized carbons (Fsp3) is 0.129. The fourth-order valence-corrected chi connectivity index (χ4v) is 5.38. The number of benzene rings is 4. The summed E-state index contributed by atoms with van der Waals surface area (Å²) in [5.41, 5.74) is 6.23. The molecule has 34 heavy (non-hydrogen) atoms. The Bertz CT molecular complexity index is 1530. The molecule has 0 bridgehead atoms. The summed E-state index contributed by atoms with van der Waals surface area (Å²) < 4.78 is 5.63. The highest BCUT2D eigenvalue weighted by molar-refractivity contribution is 5.84. The Hall–Kier alpha value is -4.11. The Labute approximate surface area is 197 Å². The summed E-state index contributed by atoms with van der Waals surface area (Å²) in [7, 11) is 0. The summed E-state index contributed by atoms with van der Waals surface area (Å²) in [6, 6.07) is 34.5. The smallest absolute Gasteiger partial charge is 0.343 e. The van der Waals surface area contributed by atoms with Crippen LogP contribution in [-0.2, 0) is 6.42 Å². The van der Waals surface area contributed by atoms with E-state index in [1.807, 2.05) is 36.4 Å². The van der Waals surface area contributed by atoms with Gasteiger partial charge in [0.15, 0.2) is 0 Å². The van der Waals surface area contributed by atoms with Crippen LogP contribution in [0.5, 0.6) is 5.75 Å². The van der Waals surface area contributed by atoms with Gasteiger partial charge in [0.25, 0.3) is 0 Å². The molecule has 0 unspecified atom stereocenters. The molecule has 0 saturated carbocycles. The Morgan fingerprint density at radius 3 is 2.24 bits per heavy atom. The van der Waals surface area contributed by atoms with Gasteiger partial charge in [-0.05, 0) is 58.7 Å². The molecule has 166 valence electrons. The molecular weight excluding hydrogens is 420 g/mol. The minimum Gasteiger partial charge on any atom is -0.507 e. The normalized spacial score (nSPS) is 17.4. The second kappa shape index (κ2) is 8.35. The molecule has 1 N–H and O–H groups in total.